The van der Waals surface area contributed by atoms with Crippen molar-refractivity contribution in [3.8, 4) is 10.6 Å². The smallest absolute Gasteiger partial charge is 0.219 e. The molecule has 1 saturated heterocycles. The third-order valence-corrected chi connectivity index (χ3v) is 5.08. The van der Waals surface area contributed by atoms with E-state index >= 15 is 0 Å². The minimum atomic E-state index is 0.171. The van der Waals surface area contributed by atoms with Gasteiger partial charge in [-0.1, -0.05) is 0 Å². The number of nitrogens with zero attached hydrogens (tertiary/aromatic N) is 4. The van der Waals surface area contributed by atoms with Crippen LogP contribution in [0.15, 0.2) is 17.9 Å². The van der Waals surface area contributed by atoms with Gasteiger partial charge in [0.15, 0.2) is 0 Å². The van der Waals surface area contributed by atoms with Crippen LogP contribution in [0.4, 0.5) is 0 Å². The maximum absolute atomic E-state index is 11.5. The third kappa shape index (κ3) is 3.32. The van der Waals surface area contributed by atoms with Gasteiger partial charge in [-0.05, 0) is 32.1 Å². The summed E-state index contributed by atoms with van der Waals surface area (Å²) in [5.41, 5.74) is 4.74. The van der Waals surface area contributed by atoms with Crippen LogP contribution in [-0.4, -0.2) is 38.8 Å². The zero-order valence-corrected chi connectivity index (χ0v) is 13.8. The Kier molecular flexibility index (Phi) is 4.47. The summed E-state index contributed by atoms with van der Waals surface area (Å²) in [6.45, 7) is 5.36. The van der Waals surface area contributed by atoms with Gasteiger partial charge in [-0.15, -0.1) is 11.3 Å². The molecule has 3 rings (SSSR count). The lowest BCUT2D eigenvalue weighted by atomic mass is 9.93. The summed E-state index contributed by atoms with van der Waals surface area (Å²) in [6.07, 6.45) is 6.74. The van der Waals surface area contributed by atoms with Crippen LogP contribution in [0, 0.1) is 12.8 Å². The highest BCUT2D eigenvalue weighted by Crippen LogP contribution is 2.26. The molecule has 6 heteroatoms. The number of thiazole rings is 1. The number of carbonyl (C=O) groups excluding carboxylic acids is 1. The Balaban J connectivity index is 1.73. The van der Waals surface area contributed by atoms with Crippen LogP contribution >= 0.6 is 11.3 Å². The number of hydrogen-bond donors (Lipinski definition) is 0. The lowest BCUT2D eigenvalue weighted by Gasteiger charge is -2.31. The number of likely N-dealkylation sites (tertiary alicyclic amines) is 1. The average Bonchev–Trinajstić information content (AvgIpc) is 2.94. The Bertz CT molecular complexity index is 670. The van der Waals surface area contributed by atoms with E-state index in [1.807, 2.05) is 23.5 Å². The fourth-order valence-electron chi connectivity index (χ4n) is 2.98. The van der Waals surface area contributed by atoms with Gasteiger partial charge in [0.25, 0.3) is 0 Å². The zero-order valence-electron chi connectivity index (χ0n) is 13.0. The Morgan fingerprint density at radius 3 is 3.05 bits per heavy atom. The molecular formula is C16H20N4OS. The molecule has 0 N–H and O–H groups in total. The minimum Gasteiger partial charge on any atom is -0.343 e. The number of aryl methyl sites for hydroxylation is 1. The van der Waals surface area contributed by atoms with Crippen molar-refractivity contribution in [2.24, 2.45) is 5.92 Å². The van der Waals surface area contributed by atoms with E-state index in [-0.39, 0.29) is 5.91 Å². The number of piperidine rings is 1. The summed E-state index contributed by atoms with van der Waals surface area (Å²) < 4.78 is 0. The van der Waals surface area contributed by atoms with Gasteiger partial charge in [0.1, 0.15) is 5.69 Å². The fraction of sp³-hybridized carbons (Fsp3) is 0.500. The topological polar surface area (TPSA) is 59.0 Å². The molecular weight excluding hydrogens is 296 g/mol. The van der Waals surface area contributed by atoms with Gasteiger partial charge < -0.3 is 4.90 Å². The van der Waals surface area contributed by atoms with Crippen LogP contribution in [0.2, 0.25) is 0 Å². The van der Waals surface area contributed by atoms with Crippen molar-refractivity contribution < 1.29 is 4.79 Å². The molecule has 1 amide bonds. The quantitative estimate of drug-likeness (QED) is 0.873. The van der Waals surface area contributed by atoms with Crippen molar-refractivity contribution in [2.45, 2.75) is 33.1 Å². The first-order valence-electron chi connectivity index (χ1n) is 7.60. The van der Waals surface area contributed by atoms with Crippen LogP contribution in [-0.2, 0) is 11.2 Å². The normalized spacial score (nSPS) is 18.5. The summed E-state index contributed by atoms with van der Waals surface area (Å²) in [6, 6.07) is 0. The van der Waals surface area contributed by atoms with E-state index in [0.717, 1.165) is 54.3 Å². The van der Waals surface area contributed by atoms with Crippen molar-refractivity contribution in [1.82, 2.24) is 19.9 Å². The van der Waals surface area contributed by atoms with Gasteiger partial charge in [-0.3, -0.25) is 9.78 Å². The van der Waals surface area contributed by atoms with Gasteiger partial charge in [0.05, 0.1) is 28.0 Å². The van der Waals surface area contributed by atoms with Crippen LogP contribution in [0.1, 0.15) is 31.2 Å². The van der Waals surface area contributed by atoms with Crippen molar-refractivity contribution in [3.05, 3.63) is 29.3 Å². The molecule has 2 aromatic heterocycles. The van der Waals surface area contributed by atoms with Gasteiger partial charge in [0.2, 0.25) is 5.91 Å². The molecule has 1 aliphatic heterocycles. The van der Waals surface area contributed by atoms with E-state index in [4.69, 9.17) is 4.98 Å². The summed E-state index contributed by atoms with van der Waals surface area (Å²) in [5, 5.41) is 0. The highest BCUT2D eigenvalue weighted by Gasteiger charge is 2.22. The van der Waals surface area contributed by atoms with Gasteiger partial charge >= 0.3 is 0 Å². The van der Waals surface area contributed by atoms with E-state index in [0.29, 0.717) is 5.92 Å². The molecule has 2 aromatic rings. The van der Waals surface area contributed by atoms with Crippen molar-refractivity contribution in [1.29, 1.82) is 0 Å². The molecule has 0 aliphatic carbocycles. The predicted molar refractivity (Wildman–Crippen MR) is 86.6 cm³/mol. The second kappa shape index (κ2) is 6.52. The molecule has 1 atom stereocenters. The number of amides is 1. The molecule has 1 fully saturated rings. The molecule has 22 heavy (non-hydrogen) atoms. The standard InChI is InChI=1S/C16H20N4OS/c1-11-16(22-10-18-11)15-8-17-7-14(19-15)6-13-4-3-5-20(9-13)12(2)21/h7-8,10,13H,3-6,9H2,1-2H3. The molecule has 1 aliphatic rings. The van der Waals surface area contributed by atoms with Crippen LogP contribution < -0.4 is 0 Å². The first-order chi connectivity index (χ1) is 10.6. The summed E-state index contributed by atoms with van der Waals surface area (Å²) >= 11 is 1.60. The van der Waals surface area contributed by atoms with Gasteiger partial charge in [-0.2, -0.15) is 0 Å². The van der Waals surface area contributed by atoms with Crippen LogP contribution in [0.25, 0.3) is 10.6 Å². The highest BCUT2D eigenvalue weighted by molar-refractivity contribution is 7.13. The largest absolute Gasteiger partial charge is 0.343 e. The Hall–Kier alpha value is -1.82. The monoisotopic (exact) mass is 316 g/mol. The third-order valence-electron chi connectivity index (χ3n) is 4.12. The lowest BCUT2D eigenvalue weighted by Crippen LogP contribution is -2.39. The number of carbonyl (C=O) groups is 1. The molecule has 5 nitrogen and oxygen atoms in total. The first-order valence-corrected chi connectivity index (χ1v) is 8.48. The van der Waals surface area contributed by atoms with E-state index in [9.17, 15) is 4.79 Å². The maximum Gasteiger partial charge on any atom is 0.219 e. The van der Waals surface area contributed by atoms with Crippen LogP contribution in [0.3, 0.4) is 0 Å². The summed E-state index contributed by atoms with van der Waals surface area (Å²) in [4.78, 5) is 27.9. The molecule has 116 valence electrons. The average molecular weight is 316 g/mol. The maximum atomic E-state index is 11.5. The second-order valence-corrected chi connectivity index (χ2v) is 6.69. The number of rotatable bonds is 3. The molecule has 1 unspecified atom stereocenters. The number of aromatic nitrogens is 3. The first kappa shape index (κ1) is 15.1. The van der Waals surface area contributed by atoms with Gasteiger partial charge in [0, 0.05) is 26.2 Å². The van der Waals surface area contributed by atoms with E-state index < -0.39 is 0 Å². The second-order valence-electron chi connectivity index (χ2n) is 5.84. The highest BCUT2D eigenvalue weighted by atomic mass is 32.1. The summed E-state index contributed by atoms with van der Waals surface area (Å²) in [7, 11) is 0. The predicted octanol–water partition coefficient (Wildman–Crippen LogP) is 2.71. The van der Waals surface area contributed by atoms with E-state index in [1.54, 1.807) is 24.5 Å². The molecule has 0 bridgehead atoms. The SMILES string of the molecule is CC(=O)N1CCCC(Cc2cncc(-c3scnc3C)n2)C1. The molecule has 0 aromatic carbocycles. The minimum absolute atomic E-state index is 0.171. The van der Waals surface area contributed by atoms with Crippen LogP contribution in [0.5, 0.6) is 0 Å². The Labute approximate surface area is 134 Å². The van der Waals surface area contributed by atoms with Crippen molar-refractivity contribution in [2.75, 3.05) is 13.1 Å². The molecule has 0 radical (unpaired) electrons. The number of hydrogen-bond acceptors (Lipinski definition) is 5. The molecule has 3 heterocycles. The Morgan fingerprint density at radius 1 is 1.45 bits per heavy atom. The van der Waals surface area contributed by atoms with E-state index in [2.05, 4.69) is 9.97 Å². The lowest BCUT2D eigenvalue weighted by molar-refractivity contribution is -0.130. The molecule has 0 saturated carbocycles. The van der Waals surface area contributed by atoms with Crippen molar-refractivity contribution in [3.63, 3.8) is 0 Å². The van der Waals surface area contributed by atoms with E-state index in [1.165, 1.54) is 0 Å². The molecule has 0 spiro atoms. The van der Waals surface area contributed by atoms with Crippen molar-refractivity contribution >= 4 is 17.2 Å². The van der Waals surface area contributed by atoms with Gasteiger partial charge in [-0.25, -0.2) is 9.97 Å². The summed E-state index contributed by atoms with van der Waals surface area (Å²) in [5.74, 6) is 0.648. The Morgan fingerprint density at radius 2 is 2.32 bits per heavy atom. The zero-order chi connectivity index (χ0) is 15.5. The fourth-order valence-corrected chi connectivity index (χ4v) is 3.73.